The van der Waals surface area contributed by atoms with Crippen LogP contribution in [0, 0.1) is 17.3 Å². The summed E-state index contributed by atoms with van der Waals surface area (Å²) in [5.41, 5.74) is 0.142. The van der Waals surface area contributed by atoms with Gasteiger partial charge in [0, 0.05) is 21.8 Å². The van der Waals surface area contributed by atoms with Crippen molar-refractivity contribution in [2.24, 2.45) is 17.3 Å². The second-order valence-corrected chi connectivity index (χ2v) is 25.5. The van der Waals surface area contributed by atoms with Gasteiger partial charge in [-0.25, -0.2) is 0 Å². The molecule has 2 fully saturated rings. The van der Waals surface area contributed by atoms with Gasteiger partial charge in [-0.15, -0.1) is 26.8 Å². The molecule has 26 heavy (non-hydrogen) atoms. The molecule has 0 radical (unpaired) electrons. The first-order chi connectivity index (χ1) is 12.2. The van der Waals surface area contributed by atoms with E-state index in [1.165, 1.54) is 0 Å². The molecule has 11 atom stereocenters. The molecule has 0 spiro atoms. The Bertz CT molecular complexity index is 479. The first kappa shape index (κ1) is 24.7. The standard InChI is InChI=1S/C15H33O4P7/c1-4-15(2,3)13(19-25(24-21)26(22)23)6-5-9-10-7-14(16)17-11(10)8-12(9)18-20/h9-13,24H,4-8,20-23H2,1-3H3/t9-,10?,11?,12?,13?,25?/m1/s1. The molecule has 0 amide bonds. The maximum atomic E-state index is 11.7. The second-order valence-electron chi connectivity index (χ2n) is 7.77. The molecule has 0 aromatic heterocycles. The van der Waals surface area contributed by atoms with Crippen LogP contribution < -0.4 is 0 Å². The summed E-state index contributed by atoms with van der Waals surface area (Å²) < 4.78 is 17.8. The van der Waals surface area contributed by atoms with Crippen LogP contribution >= 0.6 is 58.7 Å². The Balaban J connectivity index is 2.06. The highest BCUT2D eigenvalue weighted by molar-refractivity contribution is 8.86. The minimum absolute atomic E-state index is 0.0433. The van der Waals surface area contributed by atoms with Crippen LogP contribution in [0.2, 0.25) is 0 Å². The molecule has 152 valence electrons. The van der Waals surface area contributed by atoms with Gasteiger partial charge in [-0.3, -0.25) is 4.79 Å². The van der Waals surface area contributed by atoms with Crippen molar-refractivity contribution in [2.45, 2.75) is 71.2 Å². The molecule has 1 aliphatic carbocycles. The van der Waals surface area contributed by atoms with Gasteiger partial charge in [0.05, 0.1) is 26.2 Å². The fourth-order valence-corrected chi connectivity index (χ4v) is 24.0. The zero-order valence-electron chi connectivity index (χ0n) is 15.8. The second kappa shape index (κ2) is 11.1. The quantitative estimate of drug-likeness (QED) is 0.258. The predicted molar refractivity (Wildman–Crippen MR) is 130 cm³/mol. The summed E-state index contributed by atoms with van der Waals surface area (Å²) in [5.74, 6) is 0.642. The Kier molecular flexibility index (Phi) is 10.6. The van der Waals surface area contributed by atoms with Crippen LogP contribution in [0.1, 0.15) is 52.9 Å². The molecule has 0 aromatic rings. The highest BCUT2D eigenvalue weighted by atomic mass is 32.9. The normalized spacial score (nSPS) is 31.6. The molecule has 0 N–H and O–H groups in total. The van der Waals surface area contributed by atoms with E-state index in [-0.39, 0.29) is 36.7 Å². The maximum absolute atomic E-state index is 11.7. The predicted octanol–water partition coefficient (Wildman–Crippen LogP) is 6.47. The van der Waals surface area contributed by atoms with Gasteiger partial charge in [0.25, 0.3) is 0 Å². The third-order valence-electron chi connectivity index (χ3n) is 5.92. The monoisotopic (exact) mass is 494 g/mol. The van der Waals surface area contributed by atoms with Crippen LogP contribution in [-0.2, 0) is 18.6 Å². The average Bonchev–Trinajstić information content (AvgIpc) is 3.10. The van der Waals surface area contributed by atoms with E-state index in [1.807, 2.05) is 0 Å². The van der Waals surface area contributed by atoms with Gasteiger partial charge >= 0.3 is 5.97 Å². The van der Waals surface area contributed by atoms with Crippen molar-refractivity contribution >= 4 is 64.7 Å². The summed E-state index contributed by atoms with van der Waals surface area (Å²) >= 11 is 0. The molecule has 10 unspecified atom stereocenters. The molecular weight excluding hydrogens is 461 g/mol. The topological polar surface area (TPSA) is 44.8 Å². The number of esters is 1. The zero-order chi connectivity index (χ0) is 19.5. The van der Waals surface area contributed by atoms with Gasteiger partial charge < -0.3 is 13.8 Å². The highest BCUT2D eigenvalue weighted by Crippen LogP contribution is 2.89. The lowest BCUT2D eigenvalue weighted by Crippen LogP contribution is -2.32. The molecule has 1 saturated heterocycles. The number of ether oxygens (including phenoxy) is 1. The van der Waals surface area contributed by atoms with E-state index in [0.717, 1.165) is 33.6 Å². The van der Waals surface area contributed by atoms with E-state index >= 15 is 0 Å². The number of carbonyl (C=O) groups excluding carboxylic acids is 1. The van der Waals surface area contributed by atoms with Crippen LogP contribution in [0.4, 0.5) is 0 Å². The molecule has 11 heteroatoms. The fraction of sp³-hybridized carbons (Fsp3) is 0.933. The molecule has 4 nitrogen and oxygen atoms in total. The van der Waals surface area contributed by atoms with Crippen molar-refractivity contribution in [3.63, 3.8) is 0 Å². The van der Waals surface area contributed by atoms with Crippen LogP contribution in [0.5, 0.6) is 0 Å². The molecule has 1 heterocycles. The largest absolute Gasteiger partial charge is 0.462 e. The van der Waals surface area contributed by atoms with E-state index in [4.69, 9.17) is 13.8 Å². The fourth-order valence-electron chi connectivity index (χ4n) is 3.94. The van der Waals surface area contributed by atoms with Gasteiger partial charge in [-0.2, -0.15) is 0 Å². The van der Waals surface area contributed by atoms with Crippen LogP contribution in [0.25, 0.3) is 0 Å². The highest BCUT2D eigenvalue weighted by Gasteiger charge is 2.50. The van der Waals surface area contributed by atoms with Crippen molar-refractivity contribution in [2.75, 3.05) is 0 Å². The van der Waals surface area contributed by atoms with Gasteiger partial charge in [-0.1, -0.05) is 20.8 Å². The van der Waals surface area contributed by atoms with E-state index < -0.39 is 7.53 Å². The molecule has 1 aliphatic heterocycles. The van der Waals surface area contributed by atoms with E-state index in [0.29, 0.717) is 18.3 Å². The number of rotatable bonds is 10. The lowest BCUT2D eigenvalue weighted by atomic mass is 9.79. The van der Waals surface area contributed by atoms with E-state index in [9.17, 15) is 4.79 Å². The molecule has 0 bridgehead atoms. The van der Waals surface area contributed by atoms with Gasteiger partial charge in [-0.05, 0) is 45.5 Å². The van der Waals surface area contributed by atoms with Gasteiger partial charge in [0.2, 0.25) is 0 Å². The minimum atomic E-state index is -0.416. The Morgan fingerprint density at radius 2 is 2.12 bits per heavy atom. The van der Waals surface area contributed by atoms with Crippen molar-refractivity contribution in [3.05, 3.63) is 0 Å². The minimum Gasteiger partial charge on any atom is -0.462 e. The Hall–Kier alpha value is 2.40. The molecule has 1 saturated carbocycles. The third kappa shape index (κ3) is 6.20. The number of carbonyl (C=O) groups is 1. The van der Waals surface area contributed by atoms with Crippen LogP contribution in [0.15, 0.2) is 0 Å². The lowest BCUT2D eigenvalue weighted by Gasteiger charge is -2.37. The van der Waals surface area contributed by atoms with Gasteiger partial charge in [0.15, 0.2) is 0 Å². The van der Waals surface area contributed by atoms with Crippen molar-refractivity contribution in [1.82, 2.24) is 0 Å². The SMILES string of the molecule is CCC(C)(C)C(CC[C@H]1C(OP)CC2OC(=O)CC21)OP(PP)P(P)P. The van der Waals surface area contributed by atoms with E-state index in [2.05, 4.69) is 57.0 Å². The lowest BCUT2D eigenvalue weighted by molar-refractivity contribution is -0.141. The van der Waals surface area contributed by atoms with Crippen molar-refractivity contribution in [3.8, 4) is 0 Å². The Morgan fingerprint density at radius 1 is 1.42 bits per heavy atom. The number of hydrogen-bond acceptors (Lipinski definition) is 4. The Morgan fingerprint density at radius 3 is 2.65 bits per heavy atom. The number of fused-ring (bicyclic) bond motifs is 1. The molecule has 2 aliphatic rings. The molecule has 2 rings (SSSR count). The maximum Gasteiger partial charge on any atom is 0.306 e. The third-order valence-corrected chi connectivity index (χ3v) is 25.0. The molecule has 0 aromatic carbocycles. The number of hydrogen-bond donors (Lipinski definition) is 0. The summed E-state index contributed by atoms with van der Waals surface area (Å²) in [5, 5.41) is 0. The Labute approximate surface area is 171 Å². The smallest absolute Gasteiger partial charge is 0.306 e. The van der Waals surface area contributed by atoms with Crippen LogP contribution in [0.3, 0.4) is 0 Å². The van der Waals surface area contributed by atoms with Crippen LogP contribution in [-0.4, -0.2) is 24.3 Å². The first-order valence-corrected chi connectivity index (χ1v) is 19.7. The van der Waals surface area contributed by atoms with Crippen molar-refractivity contribution < 1.29 is 18.6 Å². The summed E-state index contributed by atoms with van der Waals surface area (Å²) in [6.45, 7) is 6.65. The first-order valence-electron chi connectivity index (χ1n) is 9.01. The zero-order valence-corrected chi connectivity index (χ0v) is 23.2. The molecular formula is C15H33O4P7. The van der Waals surface area contributed by atoms with E-state index in [1.54, 1.807) is 0 Å². The average molecular weight is 494 g/mol. The summed E-state index contributed by atoms with van der Waals surface area (Å²) in [4.78, 5) is 11.7. The van der Waals surface area contributed by atoms with Gasteiger partial charge in [0.1, 0.15) is 6.10 Å². The summed E-state index contributed by atoms with van der Waals surface area (Å²) in [7, 11) is 11.5. The summed E-state index contributed by atoms with van der Waals surface area (Å²) in [6, 6.07) is 0. The van der Waals surface area contributed by atoms with Crippen molar-refractivity contribution in [1.29, 1.82) is 0 Å². The summed E-state index contributed by atoms with van der Waals surface area (Å²) in [6.07, 6.45) is 4.96.